The van der Waals surface area contributed by atoms with Gasteiger partial charge in [-0.2, -0.15) is 0 Å². The van der Waals surface area contributed by atoms with Gasteiger partial charge in [0.15, 0.2) is 5.75 Å². The second-order valence-electron chi connectivity index (χ2n) is 6.43. The van der Waals surface area contributed by atoms with Crippen molar-refractivity contribution >= 4 is 11.4 Å². The number of ether oxygens (including phenoxy) is 1. The third-order valence-electron chi connectivity index (χ3n) is 4.69. The summed E-state index contributed by atoms with van der Waals surface area (Å²) in [5.74, 6) is 1.25. The highest BCUT2D eigenvalue weighted by Crippen LogP contribution is 2.38. The Morgan fingerprint density at radius 2 is 2.04 bits per heavy atom. The number of piperidine rings is 1. The Bertz CT molecular complexity index is 552. The molecule has 6 heteroatoms. The van der Waals surface area contributed by atoms with Crippen LogP contribution in [-0.2, 0) is 0 Å². The van der Waals surface area contributed by atoms with Crippen molar-refractivity contribution in [1.29, 1.82) is 0 Å². The standard InChI is InChI=1S/C17H25N3O3/c1-2-23-16-5-3-4-15(17(16)20(21)22)19-10-8-14(9-11-19)18-12-13-6-7-13/h3-5,13-14,18H,2,6-12H2,1H3. The highest BCUT2D eigenvalue weighted by atomic mass is 16.6. The number of nitrogens with zero attached hydrogens (tertiary/aromatic N) is 2. The van der Waals surface area contributed by atoms with Crippen molar-refractivity contribution in [2.75, 3.05) is 31.1 Å². The molecule has 1 aromatic rings. The number of benzene rings is 1. The maximum atomic E-state index is 11.5. The van der Waals surface area contributed by atoms with Gasteiger partial charge in [0, 0.05) is 19.1 Å². The molecule has 1 heterocycles. The fraction of sp³-hybridized carbons (Fsp3) is 0.647. The SMILES string of the molecule is CCOc1cccc(N2CCC(NCC3CC3)CC2)c1[N+](=O)[O-]. The Balaban J connectivity index is 1.67. The van der Waals surface area contributed by atoms with E-state index >= 15 is 0 Å². The molecule has 0 spiro atoms. The summed E-state index contributed by atoms with van der Waals surface area (Å²) >= 11 is 0. The van der Waals surface area contributed by atoms with Gasteiger partial charge in [0.25, 0.3) is 0 Å². The summed E-state index contributed by atoms with van der Waals surface area (Å²) in [7, 11) is 0. The molecule has 23 heavy (non-hydrogen) atoms. The van der Waals surface area contributed by atoms with Gasteiger partial charge in [-0.05, 0) is 57.2 Å². The van der Waals surface area contributed by atoms with E-state index in [-0.39, 0.29) is 10.6 Å². The van der Waals surface area contributed by atoms with E-state index < -0.39 is 0 Å². The summed E-state index contributed by atoms with van der Waals surface area (Å²) in [6.45, 7) is 5.09. The lowest BCUT2D eigenvalue weighted by atomic mass is 10.0. The molecule has 1 N–H and O–H groups in total. The van der Waals surface area contributed by atoms with Gasteiger partial charge in [0.1, 0.15) is 5.69 Å². The monoisotopic (exact) mass is 319 g/mol. The van der Waals surface area contributed by atoms with Gasteiger partial charge in [0.2, 0.25) is 0 Å². The minimum absolute atomic E-state index is 0.0961. The van der Waals surface area contributed by atoms with Gasteiger partial charge in [-0.15, -0.1) is 0 Å². The molecular formula is C17H25N3O3. The summed E-state index contributed by atoms with van der Waals surface area (Å²) in [6, 6.07) is 5.89. The summed E-state index contributed by atoms with van der Waals surface area (Å²) < 4.78 is 5.44. The summed E-state index contributed by atoms with van der Waals surface area (Å²) in [6.07, 6.45) is 4.79. The molecule has 1 saturated heterocycles. The molecule has 0 amide bonds. The Morgan fingerprint density at radius 1 is 1.30 bits per heavy atom. The number of hydrogen-bond acceptors (Lipinski definition) is 5. The van der Waals surface area contributed by atoms with Crippen molar-refractivity contribution in [3.8, 4) is 5.75 Å². The summed E-state index contributed by atoms with van der Waals surface area (Å²) in [4.78, 5) is 13.3. The van der Waals surface area contributed by atoms with E-state index in [1.54, 1.807) is 6.07 Å². The molecule has 3 rings (SSSR count). The molecule has 0 radical (unpaired) electrons. The zero-order chi connectivity index (χ0) is 16.2. The maximum absolute atomic E-state index is 11.5. The quantitative estimate of drug-likeness (QED) is 0.618. The molecular weight excluding hydrogens is 294 g/mol. The molecule has 6 nitrogen and oxygen atoms in total. The predicted octanol–water partition coefficient (Wildman–Crippen LogP) is 2.96. The van der Waals surface area contributed by atoms with Gasteiger partial charge < -0.3 is 15.0 Å². The molecule has 1 aliphatic heterocycles. The average molecular weight is 319 g/mol. The van der Waals surface area contributed by atoms with E-state index in [0.717, 1.165) is 38.4 Å². The van der Waals surface area contributed by atoms with Crippen molar-refractivity contribution < 1.29 is 9.66 Å². The molecule has 0 unspecified atom stereocenters. The van der Waals surface area contributed by atoms with Crippen LogP contribution in [0, 0.1) is 16.0 Å². The van der Waals surface area contributed by atoms with Crippen molar-refractivity contribution in [3.05, 3.63) is 28.3 Å². The van der Waals surface area contributed by atoms with E-state index in [1.165, 1.54) is 12.8 Å². The lowest BCUT2D eigenvalue weighted by molar-refractivity contribution is -0.385. The van der Waals surface area contributed by atoms with Gasteiger partial charge in [-0.3, -0.25) is 10.1 Å². The van der Waals surface area contributed by atoms with E-state index in [2.05, 4.69) is 10.2 Å². The first kappa shape index (κ1) is 16.1. The fourth-order valence-corrected chi connectivity index (χ4v) is 3.20. The third-order valence-corrected chi connectivity index (χ3v) is 4.69. The Hall–Kier alpha value is -1.82. The molecule has 0 bridgehead atoms. The van der Waals surface area contributed by atoms with Crippen LogP contribution in [0.3, 0.4) is 0 Å². The molecule has 1 aromatic carbocycles. The minimum Gasteiger partial charge on any atom is -0.487 e. The average Bonchev–Trinajstić information content (AvgIpc) is 3.38. The van der Waals surface area contributed by atoms with Gasteiger partial charge in [0.05, 0.1) is 11.5 Å². The largest absolute Gasteiger partial charge is 0.487 e. The fourth-order valence-electron chi connectivity index (χ4n) is 3.20. The van der Waals surface area contributed by atoms with Crippen molar-refractivity contribution in [2.45, 2.75) is 38.6 Å². The topological polar surface area (TPSA) is 67.6 Å². The zero-order valence-corrected chi connectivity index (χ0v) is 13.7. The summed E-state index contributed by atoms with van der Waals surface area (Å²) in [5, 5.41) is 15.1. The van der Waals surface area contributed by atoms with Crippen molar-refractivity contribution in [2.24, 2.45) is 5.92 Å². The van der Waals surface area contributed by atoms with Crippen LogP contribution in [-0.4, -0.2) is 37.2 Å². The van der Waals surface area contributed by atoms with E-state index in [0.29, 0.717) is 24.1 Å². The van der Waals surface area contributed by atoms with Crippen molar-refractivity contribution in [3.63, 3.8) is 0 Å². The number of para-hydroxylation sites is 1. The second-order valence-corrected chi connectivity index (χ2v) is 6.43. The second kappa shape index (κ2) is 7.17. The van der Waals surface area contributed by atoms with Crippen LogP contribution in [0.4, 0.5) is 11.4 Å². The van der Waals surface area contributed by atoms with Gasteiger partial charge >= 0.3 is 5.69 Å². The van der Waals surface area contributed by atoms with Gasteiger partial charge in [-0.25, -0.2) is 0 Å². The number of nitrogens with one attached hydrogen (secondary N) is 1. The number of nitro groups is 1. The highest BCUT2D eigenvalue weighted by molar-refractivity contribution is 5.70. The first-order valence-corrected chi connectivity index (χ1v) is 8.57. The molecule has 2 fully saturated rings. The van der Waals surface area contributed by atoms with Crippen LogP contribution in [0.5, 0.6) is 5.75 Å². The number of nitro benzene ring substituents is 1. The Morgan fingerprint density at radius 3 is 2.65 bits per heavy atom. The number of rotatable bonds is 7. The van der Waals surface area contributed by atoms with Crippen LogP contribution < -0.4 is 15.0 Å². The molecule has 0 aromatic heterocycles. The van der Waals surface area contributed by atoms with Crippen LogP contribution in [0.15, 0.2) is 18.2 Å². The minimum atomic E-state index is -0.322. The third kappa shape index (κ3) is 3.93. The normalized spacial score (nSPS) is 18.9. The van der Waals surface area contributed by atoms with Crippen LogP contribution >= 0.6 is 0 Å². The number of anilines is 1. The lowest BCUT2D eigenvalue weighted by Crippen LogP contribution is -2.43. The molecule has 0 atom stereocenters. The van der Waals surface area contributed by atoms with Crippen LogP contribution in [0.1, 0.15) is 32.6 Å². The summed E-state index contributed by atoms with van der Waals surface area (Å²) in [5.41, 5.74) is 0.778. The van der Waals surface area contributed by atoms with E-state index in [4.69, 9.17) is 4.74 Å². The maximum Gasteiger partial charge on any atom is 0.333 e. The smallest absolute Gasteiger partial charge is 0.333 e. The molecule has 1 aliphatic carbocycles. The number of hydrogen-bond donors (Lipinski definition) is 1. The van der Waals surface area contributed by atoms with Crippen LogP contribution in [0.2, 0.25) is 0 Å². The van der Waals surface area contributed by atoms with E-state index in [1.807, 2.05) is 19.1 Å². The van der Waals surface area contributed by atoms with Gasteiger partial charge in [-0.1, -0.05) is 6.07 Å². The molecule has 2 aliphatic rings. The Kier molecular flexibility index (Phi) is 5.00. The molecule has 126 valence electrons. The van der Waals surface area contributed by atoms with Crippen LogP contribution in [0.25, 0.3) is 0 Å². The molecule has 1 saturated carbocycles. The lowest BCUT2D eigenvalue weighted by Gasteiger charge is -2.34. The zero-order valence-electron chi connectivity index (χ0n) is 13.7. The van der Waals surface area contributed by atoms with Crippen molar-refractivity contribution in [1.82, 2.24) is 5.32 Å². The van der Waals surface area contributed by atoms with E-state index in [9.17, 15) is 10.1 Å². The predicted molar refractivity (Wildman–Crippen MR) is 90.2 cm³/mol. The Labute approximate surface area is 137 Å². The highest BCUT2D eigenvalue weighted by Gasteiger charge is 2.29. The first-order valence-electron chi connectivity index (χ1n) is 8.57. The first-order chi connectivity index (χ1) is 11.2.